The van der Waals surface area contributed by atoms with E-state index in [-0.39, 0.29) is 29.9 Å². The van der Waals surface area contributed by atoms with Gasteiger partial charge in [-0.2, -0.15) is 0 Å². The van der Waals surface area contributed by atoms with Gasteiger partial charge >= 0.3 is 11.9 Å². The lowest BCUT2D eigenvalue weighted by Gasteiger charge is -2.31. The Hall–Kier alpha value is -1.39. The zero-order valence-electron chi connectivity index (χ0n) is 19.1. The predicted molar refractivity (Wildman–Crippen MR) is 114 cm³/mol. The van der Waals surface area contributed by atoms with Crippen LogP contribution < -0.4 is 0 Å². The fraction of sp³-hybridized carbons (Fsp3) is 0.875. The third-order valence-electron chi connectivity index (χ3n) is 6.62. The average Bonchev–Trinajstić information content (AvgIpc) is 2.96. The summed E-state index contributed by atoms with van der Waals surface area (Å²) in [6.07, 6.45) is 13.3. The molecule has 0 amide bonds. The maximum absolute atomic E-state index is 12.6. The number of ether oxygens (including phenoxy) is 2. The van der Waals surface area contributed by atoms with E-state index in [0.717, 1.165) is 25.7 Å². The van der Waals surface area contributed by atoms with Gasteiger partial charge in [-0.3, -0.25) is 14.4 Å². The normalized spacial score (nSPS) is 22.5. The Morgan fingerprint density at radius 3 is 2.45 bits per heavy atom. The van der Waals surface area contributed by atoms with E-state index in [4.69, 9.17) is 4.74 Å². The second-order valence-electron chi connectivity index (χ2n) is 8.87. The van der Waals surface area contributed by atoms with E-state index in [2.05, 4.69) is 18.6 Å². The van der Waals surface area contributed by atoms with Crippen molar-refractivity contribution in [3.8, 4) is 0 Å². The molecule has 0 aromatic heterocycles. The Bertz CT molecular complexity index is 515. The zero-order valence-corrected chi connectivity index (χ0v) is 19.1. The Morgan fingerprint density at radius 2 is 1.79 bits per heavy atom. The van der Waals surface area contributed by atoms with Crippen LogP contribution in [0.4, 0.5) is 0 Å². The third-order valence-corrected chi connectivity index (χ3v) is 6.62. The molecule has 0 N–H and O–H groups in total. The van der Waals surface area contributed by atoms with Crippen LogP contribution in [0.15, 0.2) is 0 Å². The summed E-state index contributed by atoms with van der Waals surface area (Å²) in [4.78, 5) is 35.4. The first-order valence-electron chi connectivity index (χ1n) is 11.6. The number of Topliss-reactive ketones (excluding diaryl/α,β-unsaturated/α-hetero) is 1. The van der Waals surface area contributed by atoms with Crippen molar-refractivity contribution in [3.63, 3.8) is 0 Å². The van der Waals surface area contributed by atoms with E-state index in [9.17, 15) is 14.4 Å². The summed E-state index contributed by atoms with van der Waals surface area (Å²) in [5.41, 5.74) is -0.244. The monoisotopic (exact) mass is 410 g/mol. The van der Waals surface area contributed by atoms with E-state index in [1.807, 2.05) is 0 Å². The van der Waals surface area contributed by atoms with Gasteiger partial charge < -0.3 is 9.47 Å². The highest BCUT2D eigenvalue weighted by atomic mass is 16.5. The Labute approximate surface area is 177 Å². The second kappa shape index (κ2) is 13.8. The van der Waals surface area contributed by atoms with E-state index < -0.39 is 0 Å². The van der Waals surface area contributed by atoms with Crippen molar-refractivity contribution in [2.45, 2.75) is 117 Å². The molecule has 29 heavy (non-hydrogen) atoms. The highest BCUT2D eigenvalue weighted by molar-refractivity contribution is 5.86. The summed E-state index contributed by atoms with van der Waals surface area (Å²) in [5, 5.41) is 0. The molecular weight excluding hydrogens is 368 g/mol. The molecule has 0 heterocycles. The summed E-state index contributed by atoms with van der Waals surface area (Å²) in [7, 11) is 1.36. The lowest BCUT2D eigenvalue weighted by Crippen LogP contribution is -2.29. The maximum Gasteiger partial charge on any atom is 0.305 e. The minimum Gasteiger partial charge on any atom is -0.469 e. The first kappa shape index (κ1) is 25.6. The van der Waals surface area contributed by atoms with Gasteiger partial charge in [-0.05, 0) is 44.4 Å². The standard InChI is InChI=1S/C24H42O5/c1-5-6-7-8-9-10-12-20-14-16-22(26)24(20,3)18-11-13-21(29-19(2)25)15-17-23(27)28-4/h20-21H,5-18H2,1-4H3. The van der Waals surface area contributed by atoms with Crippen LogP contribution in [0, 0.1) is 11.3 Å². The van der Waals surface area contributed by atoms with Crippen molar-refractivity contribution in [1.29, 1.82) is 0 Å². The van der Waals surface area contributed by atoms with Crippen molar-refractivity contribution >= 4 is 17.7 Å². The Morgan fingerprint density at radius 1 is 1.10 bits per heavy atom. The topological polar surface area (TPSA) is 69.7 Å². The molecule has 0 aromatic carbocycles. The predicted octanol–water partition coefficient (Wildman–Crippen LogP) is 5.78. The van der Waals surface area contributed by atoms with E-state index in [1.54, 1.807) is 0 Å². The molecular formula is C24H42O5. The number of hydrogen-bond donors (Lipinski definition) is 0. The maximum atomic E-state index is 12.6. The number of hydrogen-bond acceptors (Lipinski definition) is 5. The summed E-state index contributed by atoms with van der Waals surface area (Å²) in [6, 6.07) is 0. The lowest BCUT2D eigenvalue weighted by molar-refractivity contribution is -0.150. The SMILES string of the molecule is CCCCCCCCC1CCC(=O)C1(C)CCCC(CCC(=O)OC)OC(C)=O. The van der Waals surface area contributed by atoms with Gasteiger partial charge in [0.25, 0.3) is 0 Å². The van der Waals surface area contributed by atoms with Crippen LogP contribution in [0.3, 0.4) is 0 Å². The summed E-state index contributed by atoms with van der Waals surface area (Å²) < 4.78 is 10.1. The third kappa shape index (κ3) is 9.31. The van der Waals surface area contributed by atoms with Crippen LogP contribution in [0.2, 0.25) is 0 Å². The average molecular weight is 411 g/mol. The lowest BCUT2D eigenvalue weighted by atomic mass is 9.73. The molecule has 1 rings (SSSR count). The van der Waals surface area contributed by atoms with Gasteiger partial charge in [-0.1, -0.05) is 52.4 Å². The molecule has 1 fully saturated rings. The molecule has 3 atom stereocenters. The Kier molecular flexibility index (Phi) is 12.2. The largest absolute Gasteiger partial charge is 0.469 e. The number of methoxy groups -OCH3 is 1. The van der Waals surface area contributed by atoms with Gasteiger partial charge in [0, 0.05) is 25.2 Å². The molecule has 5 nitrogen and oxygen atoms in total. The molecule has 0 radical (unpaired) electrons. The van der Waals surface area contributed by atoms with Crippen molar-refractivity contribution in [2.75, 3.05) is 7.11 Å². The number of rotatable bonds is 15. The number of carbonyl (C=O) groups is 3. The molecule has 1 aliphatic carbocycles. The Balaban J connectivity index is 2.47. The summed E-state index contributed by atoms with van der Waals surface area (Å²) in [6.45, 7) is 5.76. The van der Waals surface area contributed by atoms with E-state index in [0.29, 0.717) is 31.0 Å². The fourth-order valence-electron chi connectivity index (χ4n) is 4.69. The highest BCUT2D eigenvalue weighted by Crippen LogP contribution is 2.46. The smallest absolute Gasteiger partial charge is 0.305 e. The van der Waals surface area contributed by atoms with Crippen molar-refractivity contribution in [2.24, 2.45) is 11.3 Å². The minimum absolute atomic E-state index is 0.241. The molecule has 0 bridgehead atoms. The molecule has 1 aliphatic rings. The van der Waals surface area contributed by atoms with Crippen LogP contribution >= 0.6 is 0 Å². The number of carbonyl (C=O) groups excluding carboxylic acids is 3. The van der Waals surface area contributed by atoms with Gasteiger partial charge in [-0.15, -0.1) is 0 Å². The molecule has 0 spiro atoms. The molecule has 0 saturated heterocycles. The van der Waals surface area contributed by atoms with Gasteiger partial charge in [0.1, 0.15) is 11.9 Å². The van der Waals surface area contributed by atoms with Gasteiger partial charge in [0.05, 0.1) is 7.11 Å². The van der Waals surface area contributed by atoms with E-state index in [1.165, 1.54) is 52.6 Å². The first-order chi connectivity index (χ1) is 13.8. The summed E-state index contributed by atoms with van der Waals surface area (Å²) >= 11 is 0. The quantitative estimate of drug-likeness (QED) is 0.253. The van der Waals surface area contributed by atoms with Gasteiger partial charge in [0.2, 0.25) is 0 Å². The second-order valence-corrected chi connectivity index (χ2v) is 8.87. The fourth-order valence-corrected chi connectivity index (χ4v) is 4.69. The molecule has 0 aliphatic heterocycles. The minimum atomic E-state index is -0.330. The van der Waals surface area contributed by atoms with Crippen molar-refractivity contribution < 1.29 is 23.9 Å². The van der Waals surface area contributed by atoms with Crippen LogP contribution in [-0.4, -0.2) is 30.9 Å². The van der Waals surface area contributed by atoms with Gasteiger partial charge in [-0.25, -0.2) is 0 Å². The van der Waals surface area contributed by atoms with Crippen molar-refractivity contribution in [3.05, 3.63) is 0 Å². The summed E-state index contributed by atoms with van der Waals surface area (Å²) in [5.74, 6) is 0.249. The van der Waals surface area contributed by atoms with Gasteiger partial charge in [0.15, 0.2) is 0 Å². The molecule has 1 saturated carbocycles. The van der Waals surface area contributed by atoms with Crippen LogP contribution in [0.25, 0.3) is 0 Å². The van der Waals surface area contributed by atoms with Crippen LogP contribution in [0.1, 0.15) is 111 Å². The highest BCUT2D eigenvalue weighted by Gasteiger charge is 2.44. The first-order valence-corrected chi connectivity index (χ1v) is 11.6. The molecule has 168 valence electrons. The van der Waals surface area contributed by atoms with Crippen molar-refractivity contribution in [1.82, 2.24) is 0 Å². The molecule has 3 unspecified atom stereocenters. The number of ketones is 1. The van der Waals surface area contributed by atoms with Crippen LogP contribution in [0.5, 0.6) is 0 Å². The zero-order chi connectivity index (χ0) is 21.7. The van der Waals surface area contributed by atoms with Crippen LogP contribution in [-0.2, 0) is 23.9 Å². The van der Waals surface area contributed by atoms with E-state index >= 15 is 0 Å². The molecule has 0 aromatic rings. The number of esters is 2. The molecule has 5 heteroatoms. The number of unbranched alkanes of at least 4 members (excludes halogenated alkanes) is 5.